The van der Waals surface area contributed by atoms with Crippen molar-refractivity contribution in [2.75, 3.05) is 25.9 Å². The van der Waals surface area contributed by atoms with Crippen molar-refractivity contribution in [3.8, 4) is 0 Å². The van der Waals surface area contributed by atoms with Crippen molar-refractivity contribution < 1.29 is 8.42 Å². The molecule has 3 unspecified atom stereocenters. The molecule has 0 heterocycles. The summed E-state index contributed by atoms with van der Waals surface area (Å²) in [6, 6.07) is 0.625. The molecule has 0 saturated heterocycles. The molecule has 1 aliphatic carbocycles. The normalized spacial score (nSPS) is 28.8. The summed E-state index contributed by atoms with van der Waals surface area (Å²) in [5.74, 6) is 1.65. The molecule has 0 amide bonds. The van der Waals surface area contributed by atoms with Crippen LogP contribution in [-0.4, -0.2) is 44.7 Å². The van der Waals surface area contributed by atoms with Crippen molar-refractivity contribution in [2.45, 2.75) is 52.5 Å². The maximum Gasteiger partial charge on any atom is 0.211 e. The van der Waals surface area contributed by atoms with Crippen molar-refractivity contribution in [1.82, 2.24) is 9.62 Å². The van der Waals surface area contributed by atoms with Gasteiger partial charge in [0.25, 0.3) is 0 Å². The first-order valence-corrected chi connectivity index (χ1v) is 9.38. The quantitative estimate of drug-likeness (QED) is 0.730. The Morgan fingerprint density at radius 2 is 1.89 bits per heavy atom. The molecule has 5 heteroatoms. The van der Waals surface area contributed by atoms with Gasteiger partial charge in [-0.25, -0.2) is 12.7 Å². The summed E-state index contributed by atoms with van der Waals surface area (Å²) in [6.45, 7) is 8.67. The molecular weight excluding hydrogens is 260 g/mol. The van der Waals surface area contributed by atoms with E-state index in [9.17, 15) is 8.42 Å². The largest absolute Gasteiger partial charge is 0.314 e. The minimum atomic E-state index is -3.03. The topological polar surface area (TPSA) is 49.4 Å². The predicted molar refractivity (Wildman–Crippen MR) is 80.7 cm³/mol. The molecule has 0 aliphatic heterocycles. The molecule has 19 heavy (non-hydrogen) atoms. The Morgan fingerprint density at radius 3 is 2.42 bits per heavy atom. The predicted octanol–water partition coefficient (Wildman–Crippen LogP) is 2.07. The second-order valence-corrected chi connectivity index (χ2v) is 8.01. The Balaban J connectivity index is 2.21. The zero-order valence-corrected chi connectivity index (χ0v) is 13.7. The van der Waals surface area contributed by atoms with Crippen LogP contribution in [-0.2, 0) is 10.0 Å². The van der Waals surface area contributed by atoms with E-state index in [1.807, 2.05) is 6.92 Å². The number of sulfonamides is 1. The Bertz CT molecular complexity index is 356. The Labute approximate surface area is 119 Å². The molecule has 0 aromatic heterocycles. The molecule has 0 radical (unpaired) electrons. The van der Waals surface area contributed by atoms with Crippen LogP contribution in [0.2, 0.25) is 0 Å². The van der Waals surface area contributed by atoms with Crippen LogP contribution in [0.5, 0.6) is 0 Å². The standard InChI is InChI=1S/C14H30N2O2S/c1-5-16(19(4,17)18)10-6-9-15-14-8-7-12(2)13(3)11-14/h12-15H,5-11H2,1-4H3. The molecule has 0 aromatic carbocycles. The summed E-state index contributed by atoms with van der Waals surface area (Å²) in [5, 5.41) is 3.58. The Kier molecular flexibility index (Phi) is 6.77. The molecule has 1 fully saturated rings. The van der Waals surface area contributed by atoms with Gasteiger partial charge in [-0.15, -0.1) is 0 Å². The lowest BCUT2D eigenvalue weighted by Gasteiger charge is -2.32. The van der Waals surface area contributed by atoms with Gasteiger partial charge in [0.2, 0.25) is 10.0 Å². The van der Waals surface area contributed by atoms with Crippen LogP contribution in [0, 0.1) is 11.8 Å². The summed E-state index contributed by atoms with van der Waals surface area (Å²) in [4.78, 5) is 0. The van der Waals surface area contributed by atoms with E-state index in [4.69, 9.17) is 0 Å². The van der Waals surface area contributed by atoms with Gasteiger partial charge in [0.1, 0.15) is 0 Å². The summed E-state index contributed by atoms with van der Waals surface area (Å²) in [7, 11) is -3.03. The molecule has 1 N–H and O–H groups in total. The summed E-state index contributed by atoms with van der Waals surface area (Å²) >= 11 is 0. The van der Waals surface area contributed by atoms with Crippen LogP contribution in [0.15, 0.2) is 0 Å². The van der Waals surface area contributed by atoms with Gasteiger partial charge < -0.3 is 5.32 Å². The first kappa shape index (κ1) is 16.9. The van der Waals surface area contributed by atoms with Crippen LogP contribution in [0.25, 0.3) is 0 Å². The molecule has 4 nitrogen and oxygen atoms in total. The third kappa shape index (κ3) is 5.79. The van der Waals surface area contributed by atoms with Gasteiger partial charge in [0.05, 0.1) is 6.26 Å². The highest BCUT2D eigenvalue weighted by Gasteiger charge is 2.23. The van der Waals surface area contributed by atoms with E-state index < -0.39 is 10.0 Å². The maximum absolute atomic E-state index is 11.4. The number of nitrogens with zero attached hydrogens (tertiary/aromatic N) is 1. The Hall–Kier alpha value is -0.130. The average Bonchev–Trinajstić information content (AvgIpc) is 2.32. The van der Waals surface area contributed by atoms with Crippen molar-refractivity contribution >= 4 is 10.0 Å². The van der Waals surface area contributed by atoms with E-state index in [1.54, 1.807) is 4.31 Å². The number of rotatable bonds is 7. The van der Waals surface area contributed by atoms with Crippen LogP contribution >= 0.6 is 0 Å². The molecule has 3 atom stereocenters. The summed E-state index contributed by atoms with van der Waals surface area (Å²) < 4.78 is 24.4. The fraction of sp³-hybridized carbons (Fsp3) is 1.00. The zero-order valence-electron chi connectivity index (χ0n) is 12.9. The van der Waals surface area contributed by atoms with E-state index in [-0.39, 0.29) is 0 Å². The number of hydrogen-bond acceptors (Lipinski definition) is 3. The number of nitrogens with one attached hydrogen (secondary N) is 1. The van der Waals surface area contributed by atoms with Gasteiger partial charge in [0, 0.05) is 19.1 Å². The monoisotopic (exact) mass is 290 g/mol. The SMILES string of the molecule is CCN(CCCNC1CCC(C)C(C)C1)S(C)(=O)=O. The molecule has 0 spiro atoms. The smallest absolute Gasteiger partial charge is 0.211 e. The van der Waals surface area contributed by atoms with E-state index >= 15 is 0 Å². The first-order valence-electron chi connectivity index (χ1n) is 7.53. The molecule has 1 saturated carbocycles. The maximum atomic E-state index is 11.4. The third-order valence-corrected chi connectivity index (χ3v) is 5.82. The van der Waals surface area contributed by atoms with Gasteiger partial charge >= 0.3 is 0 Å². The molecule has 0 aromatic rings. The zero-order chi connectivity index (χ0) is 14.5. The fourth-order valence-corrected chi connectivity index (χ4v) is 3.78. The van der Waals surface area contributed by atoms with Crippen LogP contribution < -0.4 is 5.32 Å². The molecule has 1 aliphatic rings. The third-order valence-electron chi connectivity index (χ3n) is 4.44. The van der Waals surface area contributed by atoms with Crippen molar-refractivity contribution in [1.29, 1.82) is 0 Å². The van der Waals surface area contributed by atoms with E-state index in [0.29, 0.717) is 19.1 Å². The molecule has 0 bridgehead atoms. The molecule has 1 rings (SSSR count). The number of hydrogen-bond donors (Lipinski definition) is 1. The van der Waals surface area contributed by atoms with E-state index in [2.05, 4.69) is 19.2 Å². The minimum Gasteiger partial charge on any atom is -0.314 e. The minimum absolute atomic E-state index is 0.566. The van der Waals surface area contributed by atoms with Crippen LogP contribution in [0.3, 0.4) is 0 Å². The van der Waals surface area contributed by atoms with Gasteiger partial charge in [-0.1, -0.05) is 20.8 Å². The van der Waals surface area contributed by atoms with Crippen molar-refractivity contribution in [3.05, 3.63) is 0 Å². The van der Waals surface area contributed by atoms with Crippen molar-refractivity contribution in [2.24, 2.45) is 11.8 Å². The lowest BCUT2D eigenvalue weighted by molar-refractivity contribution is 0.225. The average molecular weight is 290 g/mol. The second kappa shape index (κ2) is 7.60. The fourth-order valence-electron chi connectivity index (χ4n) is 2.85. The van der Waals surface area contributed by atoms with Crippen molar-refractivity contribution in [3.63, 3.8) is 0 Å². The first-order chi connectivity index (χ1) is 8.84. The van der Waals surface area contributed by atoms with Crippen LogP contribution in [0.4, 0.5) is 0 Å². The highest BCUT2D eigenvalue weighted by atomic mass is 32.2. The summed E-state index contributed by atoms with van der Waals surface area (Å²) in [5.41, 5.74) is 0. The van der Waals surface area contributed by atoms with Gasteiger partial charge in [0.15, 0.2) is 0 Å². The second-order valence-electron chi connectivity index (χ2n) is 6.03. The Morgan fingerprint density at radius 1 is 1.21 bits per heavy atom. The van der Waals surface area contributed by atoms with Gasteiger partial charge in [-0.2, -0.15) is 0 Å². The van der Waals surface area contributed by atoms with Gasteiger partial charge in [-0.05, 0) is 44.1 Å². The highest BCUT2D eigenvalue weighted by molar-refractivity contribution is 7.88. The lowest BCUT2D eigenvalue weighted by Crippen LogP contribution is -2.38. The molecular formula is C14H30N2O2S. The molecule has 114 valence electrons. The van der Waals surface area contributed by atoms with E-state index in [0.717, 1.165) is 24.8 Å². The van der Waals surface area contributed by atoms with Crippen LogP contribution in [0.1, 0.15) is 46.5 Å². The summed E-state index contributed by atoms with van der Waals surface area (Å²) in [6.07, 6.45) is 6.00. The highest BCUT2D eigenvalue weighted by Crippen LogP contribution is 2.29. The van der Waals surface area contributed by atoms with E-state index in [1.165, 1.54) is 25.5 Å². The van der Waals surface area contributed by atoms with Gasteiger partial charge in [-0.3, -0.25) is 0 Å². The lowest BCUT2D eigenvalue weighted by atomic mass is 9.79.